The summed E-state index contributed by atoms with van der Waals surface area (Å²) in [5.41, 5.74) is 2.15. The third-order valence-corrected chi connectivity index (χ3v) is 2.25. The Morgan fingerprint density at radius 2 is 2.13 bits per heavy atom. The first-order valence-corrected chi connectivity index (χ1v) is 5.09. The maximum absolute atomic E-state index is 5.43. The third-order valence-electron chi connectivity index (χ3n) is 2.25. The van der Waals surface area contributed by atoms with Crippen molar-refractivity contribution in [1.29, 1.82) is 0 Å². The summed E-state index contributed by atoms with van der Waals surface area (Å²) in [6.45, 7) is 4.96. The zero-order valence-electron chi connectivity index (χ0n) is 8.99. The van der Waals surface area contributed by atoms with Gasteiger partial charge in [0.05, 0.1) is 25.3 Å². The van der Waals surface area contributed by atoms with Crippen molar-refractivity contribution in [2.45, 2.75) is 26.4 Å². The van der Waals surface area contributed by atoms with Crippen molar-refractivity contribution in [3.8, 4) is 11.1 Å². The van der Waals surface area contributed by atoms with Crippen LogP contribution in [0.4, 0.5) is 0 Å². The van der Waals surface area contributed by atoms with Gasteiger partial charge in [0.1, 0.15) is 5.76 Å². The Morgan fingerprint density at radius 1 is 1.27 bits per heavy atom. The molecule has 0 atom stereocenters. The van der Waals surface area contributed by atoms with Crippen LogP contribution in [0.2, 0.25) is 0 Å². The molecule has 0 radical (unpaired) electrons. The fraction of sp³-hybridized carbons (Fsp3) is 0.333. The average molecular weight is 205 g/mol. The van der Waals surface area contributed by atoms with Crippen LogP contribution in [-0.2, 0) is 6.54 Å². The van der Waals surface area contributed by atoms with E-state index in [1.807, 2.05) is 12.1 Å². The summed E-state index contributed by atoms with van der Waals surface area (Å²) in [7, 11) is 0. The van der Waals surface area contributed by atoms with Crippen molar-refractivity contribution >= 4 is 0 Å². The van der Waals surface area contributed by atoms with Crippen molar-refractivity contribution in [3.63, 3.8) is 0 Å². The van der Waals surface area contributed by atoms with Crippen LogP contribution < -0.4 is 5.32 Å². The summed E-state index contributed by atoms with van der Waals surface area (Å²) in [6.07, 6.45) is 5.10. The topological polar surface area (TPSA) is 38.3 Å². The second-order valence-corrected chi connectivity index (χ2v) is 3.81. The smallest absolute Gasteiger partial charge is 0.125 e. The Kier molecular flexibility index (Phi) is 2.92. The van der Waals surface area contributed by atoms with E-state index in [1.54, 1.807) is 18.8 Å². The lowest BCUT2D eigenvalue weighted by Gasteiger charge is -2.06. The molecule has 15 heavy (non-hydrogen) atoms. The van der Waals surface area contributed by atoms with E-state index in [9.17, 15) is 0 Å². The molecule has 2 heterocycles. The highest BCUT2D eigenvalue weighted by Crippen LogP contribution is 2.25. The molecule has 0 fully saturated rings. The fourth-order valence-electron chi connectivity index (χ4n) is 1.45. The minimum atomic E-state index is 0.451. The van der Waals surface area contributed by atoms with Crippen LogP contribution in [0.1, 0.15) is 19.6 Å². The lowest BCUT2D eigenvalue weighted by atomic mass is 10.1. The molecule has 0 aliphatic rings. The summed E-state index contributed by atoms with van der Waals surface area (Å²) in [6, 6.07) is 4.35. The van der Waals surface area contributed by atoms with Crippen molar-refractivity contribution in [2.75, 3.05) is 0 Å². The predicted octanol–water partition coefficient (Wildman–Crippen LogP) is 3.04. The summed E-state index contributed by atoms with van der Waals surface area (Å²) in [4.78, 5) is 0. The minimum Gasteiger partial charge on any atom is -0.472 e. The van der Waals surface area contributed by atoms with Crippen LogP contribution in [0.5, 0.6) is 0 Å². The normalized spacial score (nSPS) is 11.1. The van der Waals surface area contributed by atoms with E-state index < -0.39 is 0 Å². The number of furan rings is 2. The van der Waals surface area contributed by atoms with Gasteiger partial charge < -0.3 is 14.2 Å². The molecule has 0 aliphatic heterocycles. The second-order valence-electron chi connectivity index (χ2n) is 3.81. The average Bonchev–Trinajstić information content (AvgIpc) is 2.85. The predicted molar refractivity (Wildman–Crippen MR) is 58.4 cm³/mol. The van der Waals surface area contributed by atoms with Crippen LogP contribution in [-0.4, -0.2) is 6.04 Å². The highest BCUT2D eigenvalue weighted by atomic mass is 16.3. The van der Waals surface area contributed by atoms with Gasteiger partial charge in [-0.2, -0.15) is 0 Å². The first kappa shape index (κ1) is 10.1. The Labute approximate surface area is 89.1 Å². The number of hydrogen-bond donors (Lipinski definition) is 1. The molecular weight excluding hydrogens is 190 g/mol. The summed E-state index contributed by atoms with van der Waals surface area (Å²) >= 11 is 0. The SMILES string of the molecule is CC(C)NCc1occc1-c1ccoc1. The molecule has 0 aromatic carbocycles. The molecule has 0 bridgehead atoms. The maximum Gasteiger partial charge on any atom is 0.125 e. The molecule has 1 N–H and O–H groups in total. The first-order chi connectivity index (χ1) is 7.27. The maximum atomic E-state index is 5.43. The second kappa shape index (κ2) is 4.36. The lowest BCUT2D eigenvalue weighted by molar-refractivity contribution is 0.466. The summed E-state index contributed by atoms with van der Waals surface area (Å²) in [5, 5.41) is 3.33. The number of hydrogen-bond acceptors (Lipinski definition) is 3. The van der Waals surface area contributed by atoms with Crippen LogP contribution in [0.3, 0.4) is 0 Å². The van der Waals surface area contributed by atoms with E-state index in [4.69, 9.17) is 8.83 Å². The molecular formula is C12H15NO2. The van der Waals surface area contributed by atoms with Crippen LogP contribution >= 0.6 is 0 Å². The molecule has 2 aromatic heterocycles. The lowest BCUT2D eigenvalue weighted by Crippen LogP contribution is -2.21. The van der Waals surface area contributed by atoms with Gasteiger partial charge in [-0.25, -0.2) is 0 Å². The molecule has 0 saturated carbocycles. The van der Waals surface area contributed by atoms with Gasteiger partial charge in [0, 0.05) is 17.2 Å². The molecule has 2 rings (SSSR count). The van der Waals surface area contributed by atoms with E-state index >= 15 is 0 Å². The van der Waals surface area contributed by atoms with Gasteiger partial charge in [0.15, 0.2) is 0 Å². The largest absolute Gasteiger partial charge is 0.472 e. The zero-order chi connectivity index (χ0) is 10.7. The molecule has 0 unspecified atom stereocenters. The first-order valence-electron chi connectivity index (χ1n) is 5.09. The molecule has 0 aliphatic carbocycles. The van der Waals surface area contributed by atoms with Crippen LogP contribution in [0.15, 0.2) is 39.8 Å². The van der Waals surface area contributed by atoms with Gasteiger partial charge in [-0.15, -0.1) is 0 Å². The van der Waals surface area contributed by atoms with Crippen molar-refractivity contribution in [3.05, 3.63) is 36.7 Å². The van der Waals surface area contributed by atoms with Crippen molar-refractivity contribution < 1.29 is 8.83 Å². The summed E-state index contributed by atoms with van der Waals surface area (Å²) < 4.78 is 10.5. The standard InChI is InChI=1S/C12H15NO2/c1-9(2)13-7-12-11(4-6-15-12)10-3-5-14-8-10/h3-6,8-9,13H,7H2,1-2H3. The van der Waals surface area contributed by atoms with E-state index in [2.05, 4.69) is 19.2 Å². The Hall–Kier alpha value is -1.48. The van der Waals surface area contributed by atoms with Gasteiger partial charge >= 0.3 is 0 Å². The van der Waals surface area contributed by atoms with Gasteiger partial charge in [-0.1, -0.05) is 13.8 Å². The Morgan fingerprint density at radius 3 is 2.80 bits per heavy atom. The van der Waals surface area contributed by atoms with Gasteiger partial charge in [0.2, 0.25) is 0 Å². The van der Waals surface area contributed by atoms with Gasteiger partial charge in [-0.05, 0) is 12.1 Å². The highest BCUT2D eigenvalue weighted by molar-refractivity contribution is 5.63. The Balaban J connectivity index is 2.16. The zero-order valence-corrected chi connectivity index (χ0v) is 8.99. The molecule has 0 saturated heterocycles. The van der Waals surface area contributed by atoms with Crippen molar-refractivity contribution in [1.82, 2.24) is 5.32 Å². The highest BCUT2D eigenvalue weighted by Gasteiger charge is 2.09. The quantitative estimate of drug-likeness (QED) is 0.833. The third kappa shape index (κ3) is 2.30. The van der Waals surface area contributed by atoms with E-state index in [-0.39, 0.29) is 0 Å². The molecule has 0 amide bonds. The van der Waals surface area contributed by atoms with Gasteiger partial charge in [-0.3, -0.25) is 0 Å². The molecule has 3 nitrogen and oxygen atoms in total. The molecule has 0 spiro atoms. The van der Waals surface area contributed by atoms with E-state index in [0.29, 0.717) is 6.04 Å². The molecule has 80 valence electrons. The Bertz CT molecular complexity index is 401. The van der Waals surface area contributed by atoms with E-state index in [0.717, 1.165) is 23.4 Å². The molecule has 3 heteroatoms. The monoisotopic (exact) mass is 205 g/mol. The van der Waals surface area contributed by atoms with E-state index in [1.165, 1.54) is 0 Å². The minimum absolute atomic E-state index is 0.451. The number of rotatable bonds is 4. The van der Waals surface area contributed by atoms with Gasteiger partial charge in [0.25, 0.3) is 0 Å². The van der Waals surface area contributed by atoms with Crippen LogP contribution in [0.25, 0.3) is 11.1 Å². The number of nitrogens with one attached hydrogen (secondary N) is 1. The van der Waals surface area contributed by atoms with Crippen LogP contribution in [0, 0.1) is 0 Å². The summed E-state index contributed by atoms with van der Waals surface area (Å²) in [5.74, 6) is 0.949. The molecule has 2 aromatic rings. The fourth-order valence-corrected chi connectivity index (χ4v) is 1.45. The van der Waals surface area contributed by atoms with Crippen molar-refractivity contribution in [2.24, 2.45) is 0 Å².